The molecule has 0 aliphatic heterocycles. The monoisotopic (exact) mass is 174 g/mol. The maximum absolute atomic E-state index is 10.8. The molecule has 1 aromatic heterocycles. The molecule has 2 nitrogen and oxygen atoms in total. The van der Waals surface area contributed by atoms with E-state index >= 15 is 0 Å². The molecule has 1 unspecified atom stereocenters. The Bertz CT molecular complexity index is 244. The van der Waals surface area contributed by atoms with Crippen molar-refractivity contribution in [1.82, 2.24) is 0 Å². The molecule has 1 rings (SSSR count). The van der Waals surface area contributed by atoms with Crippen molar-refractivity contribution in [2.75, 3.05) is 0 Å². The smallest absolute Gasteiger partial charge is 0.350 e. The van der Waals surface area contributed by atoms with Gasteiger partial charge in [0.2, 0.25) is 0 Å². The summed E-state index contributed by atoms with van der Waals surface area (Å²) in [6, 6.07) is 1.80. The van der Waals surface area contributed by atoms with E-state index in [0.717, 1.165) is 5.56 Å². The minimum absolute atomic E-state index is 0.289. The van der Waals surface area contributed by atoms with Gasteiger partial charge in [-0.2, -0.15) is 0 Å². The molecule has 0 aromatic carbocycles. The van der Waals surface area contributed by atoms with Crippen LogP contribution in [0.3, 0.4) is 0 Å². The van der Waals surface area contributed by atoms with E-state index in [2.05, 4.69) is 4.52 Å². The molecule has 54 valence electrons. The number of hydrogen-bond acceptors (Lipinski definition) is 3. The van der Waals surface area contributed by atoms with Crippen molar-refractivity contribution in [3.63, 3.8) is 0 Å². The zero-order chi connectivity index (χ0) is 7.56. The summed E-state index contributed by atoms with van der Waals surface area (Å²) >= 11 is 1.39. The minimum atomic E-state index is -0.289. The third-order valence-electron chi connectivity index (χ3n) is 1.04. The second-order valence-electron chi connectivity index (χ2n) is 1.89. The summed E-state index contributed by atoms with van der Waals surface area (Å²) in [4.78, 5) is 11.4. The Morgan fingerprint density at radius 2 is 2.50 bits per heavy atom. The molecule has 0 aliphatic rings. The number of hydrogen-bond donors (Lipinski definition) is 0. The van der Waals surface area contributed by atoms with Gasteiger partial charge in [-0.25, -0.2) is 4.79 Å². The van der Waals surface area contributed by atoms with Gasteiger partial charge in [-0.15, -0.1) is 11.3 Å². The van der Waals surface area contributed by atoms with E-state index in [1.54, 1.807) is 6.07 Å². The predicted octanol–water partition coefficient (Wildman–Crippen LogP) is 2.00. The van der Waals surface area contributed by atoms with Crippen LogP contribution in [0.2, 0.25) is 0 Å². The molecular formula is C6H7O2PS. The summed E-state index contributed by atoms with van der Waals surface area (Å²) in [5.74, 6) is -0.289. The highest BCUT2D eigenvalue weighted by atomic mass is 32.1. The highest BCUT2D eigenvalue weighted by molar-refractivity contribution is 7.14. The van der Waals surface area contributed by atoms with Crippen molar-refractivity contribution < 1.29 is 9.32 Å². The lowest BCUT2D eigenvalue weighted by molar-refractivity contribution is 0.0770. The first kappa shape index (κ1) is 7.70. The molecule has 0 amide bonds. The Balaban J connectivity index is 2.85. The van der Waals surface area contributed by atoms with Crippen LogP contribution in [0.4, 0.5) is 0 Å². The lowest BCUT2D eigenvalue weighted by Crippen LogP contribution is -1.92. The molecule has 0 aliphatic carbocycles. The Kier molecular flexibility index (Phi) is 2.41. The second-order valence-corrected chi connectivity index (χ2v) is 3.04. The largest absolute Gasteiger partial charge is 0.447 e. The molecule has 4 heteroatoms. The molecule has 0 bridgehead atoms. The lowest BCUT2D eigenvalue weighted by atomic mass is 10.3. The maximum atomic E-state index is 10.8. The molecule has 10 heavy (non-hydrogen) atoms. The normalized spacial score (nSPS) is 9.40. The van der Waals surface area contributed by atoms with Gasteiger partial charge >= 0.3 is 5.97 Å². The van der Waals surface area contributed by atoms with Gasteiger partial charge in [-0.1, -0.05) is 0 Å². The average molecular weight is 174 g/mol. The van der Waals surface area contributed by atoms with E-state index in [9.17, 15) is 4.79 Å². The average Bonchev–Trinajstić information content (AvgIpc) is 2.34. The molecule has 1 aromatic rings. The zero-order valence-corrected chi connectivity index (χ0v) is 7.43. The third kappa shape index (κ3) is 1.55. The van der Waals surface area contributed by atoms with Gasteiger partial charge in [0.15, 0.2) is 0 Å². The van der Waals surface area contributed by atoms with Gasteiger partial charge in [0.25, 0.3) is 0 Å². The first-order valence-corrected chi connectivity index (χ1v) is 4.05. The molecule has 0 saturated carbocycles. The number of carbonyl (C=O) groups excluding carboxylic acids is 1. The molecular weight excluding hydrogens is 167 g/mol. The van der Waals surface area contributed by atoms with E-state index in [4.69, 9.17) is 0 Å². The first-order valence-electron chi connectivity index (χ1n) is 2.70. The number of carbonyl (C=O) groups is 1. The summed E-state index contributed by atoms with van der Waals surface area (Å²) in [5.41, 5.74) is 1.09. The van der Waals surface area contributed by atoms with Crippen LogP contribution in [0.15, 0.2) is 11.4 Å². The van der Waals surface area contributed by atoms with Crippen LogP contribution in [0, 0.1) is 6.92 Å². The molecule has 0 fully saturated rings. The summed E-state index contributed by atoms with van der Waals surface area (Å²) in [6.07, 6.45) is 0. The highest BCUT2D eigenvalue weighted by Gasteiger charge is 2.05. The fourth-order valence-corrected chi connectivity index (χ4v) is 1.59. The van der Waals surface area contributed by atoms with Gasteiger partial charge < -0.3 is 4.52 Å². The number of rotatable bonds is 1. The van der Waals surface area contributed by atoms with E-state index in [1.807, 2.05) is 21.8 Å². The van der Waals surface area contributed by atoms with E-state index < -0.39 is 0 Å². The molecule has 1 atom stereocenters. The fraction of sp³-hybridized carbons (Fsp3) is 0.167. The van der Waals surface area contributed by atoms with Crippen LogP contribution in [-0.4, -0.2) is 5.97 Å². The van der Waals surface area contributed by atoms with E-state index in [1.165, 1.54) is 11.3 Å². The fourth-order valence-electron chi connectivity index (χ4n) is 0.596. The second kappa shape index (κ2) is 3.13. The summed E-state index contributed by atoms with van der Waals surface area (Å²) < 4.78 is 4.44. The summed E-state index contributed by atoms with van der Waals surface area (Å²) in [5, 5.41) is 1.91. The molecule has 0 saturated heterocycles. The van der Waals surface area contributed by atoms with Crippen LogP contribution in [0.1, 0.15) is 15.2 Å². The Morgan fingerprint density at radius 1 is 1.80 bits per heavy atom. The van der Waals surface area contributed by atoms with Crippen molar-refractivity contribution in [1.29, 1.82) is 0 Å². The van der Waals surface area contributed by atoms with Crippen molar-refractivity contribution in [3.05, 3.63) is 21.9 Å². The molecule has 0 spiro atoms. The van der Waals surface area contributed by atoms with Gasteiger partial charge in [0.1, 0.15) is 4.88 Å². The van der Waals surface area contributed by atoms with Crippen LogP contribution in [0.5, 0.6) is 0 Å². The van der Waals surface area contributed by atoms with Crippen molar-refractivity contribution in [2.45, 2.75) is 6.92 Å². The zero-order valence-electron chi connectivity index (χ0n) is 5.46. The maximum Gasteiger partial charge on any atom is 0.350 e. The summed E-state index contributed by atoms with van der Waals surface area (Å²) in [6.45, 7) is 1.94. The minimum Gasteiger partial charge on any atom is -0.447 e. The Labute approximate surface area is 65.5 Å². The van der Waals surface area contributed by atoms with Crippen molar-refractivity contribution in [2.24, 2.45) is 0 Å². The van der Waals surface area contributed by atoms with Crippen molar-refractivity contribution in [3.8, 4) is 0 Å². The van der Waals surface area contributed by atoms with Crippen LogP contribution < -0.4 is 0 Å². The van der Waals surface area contributed by atoms with Gasteiger partial charge in [-0.05, 0) is 23.9 Å². The Morgan fingerprint density at radius 3 is 2.90 bits per heavy atom. The third-order valence-corrected chi connectivity index (χ3v) is 2.28. The quantitative estimate of drug-likeness (QED) is 0.608. The number of thiophene rings is 1. The molecule has 0 radical (unpaired) electrons. The standard InChI is InChI=1S/C6H7O2PS/c1-4-2-5(10-3-4)6(7)8-9/h2-3H,9H2,1H3. The Hall–Kier alpha value is -0.400. The predicted molar refractivity (Wildman–Crippen MR) is 44.2 cm³/mol. The van der Waals surface area contributed by atoms with Gasteiger partial charge in [0.05, 0.1) is 9.47 Å². The topological polar surface area (TPSA) is 26.3 Å². The molecule has 1 heterocycles. The van der Waals surface area contributed by atoms with E-state index in [0.29, 0.717) is 4.88 Å². The molecule has 0 N–H and O–H groups in total. The van der Waals surface area contributed by atoms with Gasteiger partial charge in [-0.3, -0.25) is 0 Å². The number of aryl methyl sites for hydroxylation is 1. The van der Waals surface area contributed by atoms with E-state index in [-0.39, 0.29) is 5.97 Å². The summed E-state index contributed by atoms with van der Waals surface area (Å²) in [7, 11) is 1.93. The van der Waals surface area contributed by atoms with Crippen LogP contribution in [-0.2, 0) is 4.52 Å². The van der Waals surface area contributed by atoms with Crippen molar-refractivity contribution >= 4 is 26.8 Å². The SMILES string of the molecule is Cc1csc(C(=O)OP)c1. The van der Waals surface area contributed by atoms with Crippen LogP contribution in [0.25, 0.3) is 0 Å². The highest BCUT2D eigenvalue weighted by Crippen LogP contribution is 2.15. The van der Waals surface area contributed by atoms with Gasteiger partial charge in [0, 0.05) is 0 Å². The first-order chi connectivity index (χ1) is 4.74. The van der Waals surface area contributed by atoms with Crippen LogP contribution >= 0.6 is 20.8 Å². The lowest BCUT2D eigenvalue weighted by Gasteiger charge is -1.90.